The van der Waals surface area contributed by atoms with Crippen molar-refractivity contribution in [3.8, 4) is 0 Å². The lowest BCUT2D eigenvalue weighted by atomic mass is 9.74. The zero-order chi connectivity index (χ0) is 11.4. The molecule has 1 saturated carbocycles. The quantitative estimate of drug-likeness (QED) is 0.746. The van der Waals surface area contributed by atoms with Crippen LogP contribution in [-0.4, -0.2) is 5.78 Å². The molecule has 2 rings (SSSR count). The van der Waals surface area contributed by atoms with Gasteiger partial charge in [-0.2, -0.15) is 0 Å². The summed E-state index contributed by atoms with van der Waals surface area (Å²) >= 11 is 0. The van der Waals surface area contributed by atoms with Crippen molar-refractivity contribution >= 4 is 5.78 Å². The van der Waals surface area contributed by atoms with E-state index in [0.717, 1.165) is 25.7 Å². The number of hydrogen-bond acceptors (Lipinski definition) is 1. The second-order valence-electron chi connectivity index (χ2n) is 4.83. The number of benzene rings is 1. The number of rotatable bonds is 4. The van der Waals surface area contributed by atoms with Gasteiger partial charge in [-0.05, 0) is 24.8 Å². The topological polar surface area (TPSA) is 17.1 Å². The highest BCUT2D eigenvalue weighted by Gasteiger charge is 2.41. The Hall–Kier alpha value is -1.11. The molecule has 0 aromatic heterocycles. The van der Waals surface area contributed by atoms with Crippen LogP contribution < -0.4 is 0 Å². The molecule has 1 fully saturated rings. The molecule has 0 amide bonds. The minimum absolute atomic E-state index is 0.142. The number of carbonyl (C=O) groups is 1. The molecule has 0 spiro atoms. The molecule has 0 radical (unpaired) electrons. The van der Waals surface area contributed by atoms with Crippen molar-refractivity contribution in [1.29, 1.82) is 0 Å². The molecule has 0 unspecified atom stereocenters. The highest BCUT2D eigenvalue weighted by molar-refractivity contribution is 5.90. The van der Waals surface area contributed by atoms with Crippen LogP contribution in [-0.2, 0) is 10.2 Å². The molecule has 0 saturated heterocycles. The van der Waals surface area contributed by atoms with E-state index in [1.807, 2.05) is 6.07 Å². The summed E-state index contributed by atoms with van der Waals surface area (Å²) in [5.41, 5.74) is 1.10. The van der Waals surface area contributed by atoms with Gasteiger partial charge in [0.25, 0.3) is 0 Å². The van der Waals surface area contributed by atoms with Gasteiger partial charge in [0.15, 0.2) is 0 Å². The third-order valence-corrected chi connectivity index (χ3v) is 3.79. The smallest absolute Gasteiger partial charge is 0.143 e. The van der Waals surface area contributed by atoms with Crippen LogP contribution in [0.4, 0.5) is 0 Å². The van der Waals surface area contributed by atoms with Crippen LogP contribution in [0.3, 0.4) is 0 Å². The Kier molecular flexibility index (Phi) is 3.42. The predicted octanol–water partition coefficient (Wildman–Crippen LogP) is 3.87. The summed E-state index contributed by atoms with van der Waals surface area (Å²) in [6.07, 6.45) is 6.20. The fourth-order valence-corrected chi connectivity index (χ4v) is 2.93. The monoisotopic (exact) mass is 216 g/mol. The molecule has 1 aliphatic carbocycles. The van der Waals surface area contributed by atoms with Crippen molar-refractivity contribution < 1.29 is 4.79 Å². The van der Waals surface area contributed by atoms with Crippen LogP contribution in [0.2, 0.25) is 0 Å². The van der Waals surface area contributed by atoms with Crippen molar-refractivity contribution in [3.63, 3.8) is 0 Å². The lowest BCUT2D eigenvalue weighted by Gasteiger charge is -2.28. The first-order valence-corrected chi connectivity index (χ1v) is 6.38. The molecule has 0 heterocycles. The first kappa shape index (κ1) is 11.4. The average Bonchev–Trinajstić information content (AvgIpc) is 2.81. The molecule has 0 atom stereocenters. The van der Waals surface area contributed by atoms with E-state index < -0.39 is 0 Å². The second-order valence-corrected chi connectivity index (χ2v) is 4.83. The second kappa shape index (κ2) is 4.82. The summed E-state index contributed by atoms with van der Waals surface area (Å²) < 4.78 is 0. The molecule has 1 heteroatoms. The van der Waals surface area contributed by atoms with Gasteiger partial charge in [-0.1, -0.05) is 50.1 Å². The van der Waals surface area contributed by atoms with Gasteiger partial charge in [0.2, 0.25) is 0 Å². The van der Waals surface area contributed by atoms with Gasteiger partial charge in [0.05, 0.1) is 5.41 Å². The molecule has 0 N–H and O–H groups in total. The molecule has 0 bridgehead atoms. The van der Waals surface area contributed by atoms with E-state index in [4.69, 9.17) is 0 Å². The number of hydrogen-bond donors (Lipinski definition) is 0. The van der Waals surface area contributed by atoms with Gasteiger partial charge in [0.1, 0.15) is 5.78 Å². The van der Waals surface area contributed by atoms with Crippen LogP contribution in [0.5, 0.6) is 0 Å². The van der Waals surface area contributed by atoms with E-state index >= 15 is 0 Å². The summed E-state index contributed by atoms with van der Waals surface area (Å²) in [5, 5.41) is 0. The average molecular weight is 216 g/mol. The van der Waals surface area contributed by atoms with E-state index in [1.165, 1.54) is 18.4 Å². The Morgan fingerprint density at radius 1 is 1.19 bits per heavy atom. The zero-order valence-corrected chi connectivity index (χ0v) is 10.0. The van der Waals surface area contributed by atoms with Crippen molar-refractivity contribution in [2.45, 2.75) is 50.9 Å². The minimum Gasteiger partial charge on any atom is -0.299 e. The summed E-state index contributed by atoms with van der Waals surface area (Å²) in [6.45, 7) is 2.09. The maximum atomic E-state index is 12.4. The van der Waals surface area contributed by atoms with E-state index in [-0.39, 0.29) is 5.41 Å². The third-order valence-electron chi connectivity index (χ3n) is 3.79. The van der Waals surface area contributed by atoms with Crippen LogP contribution in [0, 0.1) is 0 Å². The van der Waals surface area contributed by atoms with E-state index in [1.54, 1.807) is 0 Å². The first-order valence-electron chi connectivity index (χ1n) is 6.38. The Bertz CT molecular complexity index is 347. The maximum absolute atomic E-state index is 12.4. The summed E-state index contributed by atoms with van der Waals surface area (Å²) in [7, 11) is 0. The van der Waals surface area contributed by atoms with Gasteiger partial charge >= 0.3 is 0 Å². The van der Waals surface area contributed by atoms with E-state index in [9.17, 15) is 4.79 Å². The highest BCUT2D eigenvalue weighted by atomic mass is 16.1. The van der Waals surface area contributed by atoms with Crippen molar-refractivity contribution in [2.24, 2.45) is 0 Å². The van der Waals surface area contributed by atoms with Gasteiger partial charge in [-0.3, -0.25) is 4.79 Å². The fourth-order valence-electron chi connectivity index (χ4n) is 2.93. The SMILES string of the molecule is CCCC(=O)C1(c2ccccc2)CCCC1. The molecule has 1 aliphatic rings. The molecule has 86 valence electrons. The first-order chi connectivity index (χ1) is 7.79. The molecular formula is C15H20O. The van der Waals surface area contributed by atoms with Gasteiger partial charge in [0, 0.05) is 6.42 Å². The molecule has 16 heavy (non-hydrogen) atoms. The Morgan fingerprint density at radius 2 is 1.81 bits per heavy atom. The Balaban J connectivity index is 2.32. The highest BCUT2D eigenvalue weighted by Crippen LogP contribution is 2.42. The maximum Gasteiger partial charge on any atom is 0.143 e. The third kappa shape index (κ3) is 1.91. The molecular weight excluding hydrogens is 196 g/mol. The van der Waals surface area contributed by atoms with Crippen molar-refractivity contribution in [2.75, 3.05) is 0 Å². The number of Topliss-reactive ketones (excluding diaryl/α,β-unsaturated/α-hetero) is 1. The minimum atomic E-state index is -0.142. The van der Waals surface area contributed by atoms with Gasteiger partial charge in [-0.15, -0.1) is 0 Å². The van der Waals surface area contributed by atoms with Gasteiger partial charge in [-0.25, -0.2) is 0 Å². The van der Waals surface area contributed by atoms with Crippen molar-refractivity contribution in [1.82, 2.24) is 0 Å². The van der Waals surface area contributed by atoms with Crippen molar-refractivity contribution in [3.05, 3.63) is 35.9 Å². The standard InChI is InChI=1S/C15H20O/c1-2-8-14(16)15(11-6-7-12-15)13-9-4-3-5-10-13/h3-5,9-10H,2,6-8,11-12H2,1H3. The molecule has 1 aromatic carbocycles. The van der Waals surface area contributed by atoms with E-state index in [2.05, 4.69) is 31.2 Å². The predicted molar refractivity (Wildman–Crippen MR) is 66.5 cm³/mol. The van der Waals surface area contributed by atoms with Crippen LogP contribution in [0.1, 0.15) is 51.0 Å². The number of carbonyl (C=O) groups excluding carboxylic acids is 1. The van der Waals surface area contributed by atoms with Crippen LogP contribution in [0.15, 0.2) is 30.3 Å². The fraction of sp³-hybridized carbons (Fsp3) is 0.533. The van der Waals surface area contributed by atoms with Crippen LogP contribution >= 0.6 is 0 Å². The van der Waals surface area contributed by atoms with E-state index in [0.29, 0.717) is 5.78 Å². The zero-order valence-electron chi connectivity index (χ0n) is 10.0. The summed E-state index contributed by atoms with van der Waals surface area (Å²) in [6, 6.07) is 10.4. The summed E-state index contributed by atoms with van der Waals surface area (Å²) in [4.78, 5) is 12.4. The number of ketones is 1. The summed E-state index contributed by atoms with van der Waals surface area (Å²) in [5.74, 6) is 0.457. The molecule has 1 aromatic rings. The molecule has 1 nitrogen and oxygen atoms in total. The normalized spacial score (nSPS) is 18.6. The Morgan fingerprint density at radius 3 is 2.38 bits per heavy atom. The Labute approximate surface area is 97.9 Å². The van der Waals surface area contributed by atoms with Crippen LogP contribution in [0.25, 0.3) is 0 Å². The largest absolute Gasteiger partial charge is 0.299 e. The van der Waals surface area contributed by atoms with Gasteiger partial charge < -0.3 is 0 Å². The lowest BCUT2D eigenvalue weighted by molar-refractivity contribution is -0.124. The lowest BCUT2D eigenvalue weighted by Crippen LogP contribution is -2.32. The molecule has 0 aliphatic heterocycles.